The lowest BCUT2D eigenvalue weighted by Crippen LogP contribution is -2.49. The maximum Gasteiger partial charge on any atom is 0.239 e. The van der Waals surface area contributed by atoms with Gasteiger partial charge >= 0.3 is 0 Å². The van der Waals surface area contributed by atoms with Crippen molar-refractivity contribution >= 4 is 11.8 Å². The Balaban J connectivity index is 1.38. The van der Waals surface area contributed by atoms with Crippen molar-refractivity contribution in [3.05, 3.63) is 23.7 Å². The number of nitrogens with one attached hydrogen (secondary N) is 1. The molecule has 3 saturated heterocycles. The Hall–Kier alpha value is -1.90. The fraction of sp³-hybridized carbons (Fsp3) is 0.714. The number of nitrogens with zero attached hydrogens (tertiary/aromatic N) is 3. The van der Waals surface area contributed by atoms with Gasteiger partial charge in [0.05, 0.1) is 6.54 Å². The molecule has 1 aromatic heterocycles. The highest BCUT2D eigenvalue weighted by Gasteiger charge is 2.45. The topological polar surface area (TPSA) is 89.3 Å². The molecular weight excluding hydrogens is 372 g/mol. The maximum atomic E-state index is 12.9. The van der Waals surface area contributed by atoms with Crippen LogP contribution in [-0.4, -0.2) is 83.0 Å². The highest BCUT2D eigenvalue weighted by Crippen LogP contribution is 2.29. The lowest BCUT2D eigenvalue weighted by atomic mass is 10.0. The molecular formula is C21H32N4O4. The van der Waals surface area contributed by atoms with Crippen LogP contribution in [0.3, 0.4) is 0 Å². The number of rotatable bonds is 6. The zero-order valence-corrected chi connectivity index (χ0v) is 17.2. The zero-order chi connectivity index (χ0) is 20.4. The van der Waals surface area contributed by atoms with Gasteiger partial charge in [-0.15, -0.1) is 0 Å². The Kier molecular flexibility index (Phi) is 6.22. The molecule has 2 N–H and O–H groups in total. The number of likely N-dealkylation sites (N-methyl/N-ethyl adjacent to an activating group) is 1. The van der Waals surface area contributed by atoms with Gasteiger partial charge in [0.2, 0.25) is 11.8 Å². The minimum Gasteiger partial charge on any atom is -0.462 e. The van der Waals surface area contributed by atoms with Crippen LogP contribution in [0.1, 0.15) is 43.6 Å². The number of carbonyl (C=O) groups excluding carboxylic acids is 2. The van der Waals surface area contributed by atoms with Crippen LogP contribution in [0.15, 0.2) is 16.5 Å². The van der Waals surface area contributed by atoms with Gasteiger partial charge in [-0.1, -0.05) is 0 Å². The minimum absolute atomic E-state index is 0.0571. The van der Waals surface area contributed by atoms with E-state index in [4.69, 9.17) is 4.42 Å². The molecule has 0 saturated carbocycles. The monoisotopic (exact) mass is 404 g/mol. The number of fused-ring (bicyclic) bond motifs is 1. The van der Waals surface area contributed by atoms with Crippen LogP contribution in [0.4, 0.5) is 0 Å². The zero-order valence-electron chi connectivity index (χ0n) is 17.2. The van der Waals surface area contributed by atoms with E-state index in [1.807, 2.05) is 11.0 Å². The number of likely N-dealkylation sites (tertiary alicyclic amines) is 2. The summed E-state index contributed by atoms with van der Waals surface area (Å²) in [5, 5.41) is 12.3. The van der Waals surface area contributed by atoms with E-state index < -0.39 is 0 Å². The normalized spacial score (nSPS) is 28.4. The molecule has 2 amide bonds. The standard InChI is InChI=1S/C21H32N4O4/c1-23-15(4-7-19(27)24-9-2-3-10-24)12-22-21(28)20-18(23)8-11-25(20)13-16-5-6-17(14-26)29-16/h5-6,15,18,20,26H,2-4,7-14H2,1H3,(H,22,28). The van der Waals surface area contributed by atoms with Crippen LogP contribution in [0.2, 0.25) is 0 Å². The van der Waals surface area contributed by atoms with E-state index in [-0.39, 0.29) is 36.5 Å². The van der Waals surface area contributed by atoms with Crippen LogP contribution in [0.5, 0.6) is 0 Å². The summed E-state index contributed by atoms with van der Waals surface area (Å²) in [5.74, 6) is 1.61. The van der Waals surface area contributed by atoms with E-state index in [0.29, 0.717) is 25.3 Å². The Morgan fingerprint density at radius 3 is 2.72 bits per heavy atom. The Morgan fingerprint density at radius 1 is 1.24 bits per heavy atom. The fourth-order valence-corrected chi connectivity index (χ4v) is 5.03. The average Bonchev–Trinajstić information content (AvgIpc) is 3.46. The highest BCUT2D eigenvalue weighted by atomic mass is 16.4. The lowest BCUT2D eigenvalue weighted by molar-refractivity contribution is -0.130. The van der Waals surface area contributed by atoms with E-state index in [1.54, 1.807) is 6.07 Å². The molecule has 8 heteroatoms. The van der Waals surface area contributed by atoms with Crippen LogP contribution in [-0.2, 0) is 22.7 Å². The summed E-state index contributed by atoms with van der Waals surface area (Å²) in [7, 11) is 2.09. The molecule has 160 valence electrons. The number of furan rings is 1. The van der Waals surface area contributed by atoms with Crippen molar-refractivity contribution < 1.29 is 19.1 Å². The number of carbonyl (C=O) groups is 2. The summed E-state index contributed by atoms with van der Waals surface area (Å²) in [4.78, 5) is 31.7. The maximum absolute atomic E-state index is 12.9. The largest absolute Gasteiger partial charge is 0.462 e. The highest BCUT2D eigenvalue weighted by molar-refractivity contribution is 5.83. The van der Waals surface area contributed by atoms with Crippen molar-refractivity contribution in [2.24, 2.45) is 0 Å². The molecule has 1 aromatic rings. The third kappa shape index (κ3) is 4.34. The van der Waals surface area contributed by atoms with Crippen molar-refractivity contribution in [1.29, 1.82) is 0 Å². The first-order valence-electron chi connectivity index (χ1n) is 10.8. The van der Waals surface area contributed by atoms with Gasteiger partial charge in [0.1, 0.15) is 24.2 Å². The molecule has 3 aliphatic heterocycles. The van der Waals surface area contributed by atoms with Crippen molar-refractivity contribution in [3.63, 3.8) is 0 Å². The molecule has 3 aliphatic rings. The first-order valence-corrected chi connectivity index (χ1v) is 10.8. The van der Waals surface area contributed by atoms with Crippen LogP contribution < -0.4 is 5.32 Å². The number of amides is 2. The third-order valence-corrected chi connectivity index (χ3v) is 6.73. The summed E-state index contributed by atoms with van der Waals surface area (Å²) in [6, 6.07) is 3.73. The van der Waals surface area contributed by atoms with Gasteiger partial charge in [-0.3, -0.25) is 19.4 Å². The molecule has 0 bridgehead atoms. The number of hydrogen-bond acceptors (Lipinski definition) is 6. The molecule has 4 rings (SSSR count). The third-order valence-electron chi connectivity index (χ3n) is 6.73. The molecule has 3 fully saturated rings. The summed E-state index contributed by atoms with van der Waals surface area (Å²) >= 11 is 0. The molecule has 0 radical (unpaired) electrons. The van der Waals surface area contributed by atoms with Gasteiger partial charge in [-0.2, -0.15) is 0 Å². The SMILES string of the molecule is CN1C(CCC(=O)N2CCCC2)CNC(=O)C2C1CCN2Cc1ccc(CO)o1. The quantitative estimate of drug-likeness (QED) is 0.720. The van der Waals surface area contributed by atoms with Gasteiger partial charge < -0.3 is 19.7 Å². The minimum atomic E-state index is -0.220. The van der Waals surface area contributed by atoms with E-state index in [0.717, 1.165) is 51.1 Å². The van der Waals surface area contributed by atoms with Gasteiger partial charge in [-0.05, 0) is 44.9 Å². The Labute approximate surface area is 171 Å². The second-order valence-corrected chi connectivity index (χ2v) is 8.49. The second kappa shape index (κ2) is 8.85. The van der Waals surface area contributed by atoms with Crippen molar-refractivity contribution in [3.8, 4) is 0 Å². The van der Waals surface area contributed by atoms with E-state index in [1.165, 1.54) is 0 Å². The predicted molar refractivity (Wildman–Crippen MR) is 107 cm³/mol. The van der Waals surface area contributed by atoms with Gasteiger partial charge in [0.15, 0.2) is 0 Å². The van der Waals surface area contributed by atoms with Gasteiger partial charge in [-0.25, -0.2) is 0 Å². The second-order valence-electron chi connectivity index (χ2n) is 8.49. The summed E-state index contributed by atoms with van der Waals surface area (Å²) < 4.78 is 5.62. The molecule has 29 heavy (non-hydrogen) atoms. The molecule has 0 aromatic carbocycles. The molecule has 8 nitrogen and oxygen atoms in total. The smallest absolute Gasteiger partial charge is 0.239 e. The average molecular weight is 405 g/mol. The summed E-state index contributed by atoms with van der Waals surface area (Å²) in [6.07, 6.45) is 4.45. The first kappa shape index (κ1) is 20.4. The number of hydrogen-bond donors (Lipinski definition) is 2. The Bertz CT molecular complexity index is 730. The molecule has 3 unspecified atom stereocenters. The van der Waals surface area contributed by atoms with Crippen molar-refractivity contribution in [2.45, 2.75) is 63.4 Å². The Morgan fingerprint density at radius 2 is 2.00 bits per heavy atom. The van der Waals surface area contributed by atoms with Gasteiger partial charge in [0, 0.05) is 44.7 Å². The van der Waals surface area contributed by atoms with Crippen molar-refractivity contribution in [2.75, 3.05) is 33.2 Å². The van der Waals surface area contributed by atoms with Gasteiger partial charge in [0.25, 0.3) is 0 Å². The van der Waals surface area contributed by atoms with Crippen LogP contribution in [0, 0.1) is 0 Å². The predicted octanol–water partition coefficient (Wildman–Crippen LogP) is 0.548. The van der Waals surface area contributed by atoms with E-state index in [9.17, 15) is 14.7 Å². The van der Waals surface area contributed by atoms with E-state index >= 15 is 0 Å². The molecule has 3 atom stereocenters. The van der Waals surface area contributed by atoms with Crippen LogP contribution >= 0.6 is 0 Å². The van der Waals surface area contributed by atoms with Crippen molar-refractivity contribution in [1.82, 2.24) is 20.0 Å². The summed E-state index contributed by atoms with van der Waals surface area (Å²) in [5.41, 5.74) is 0. The fourth-order valence-electron chi connectivity index (χ4n) is 5.03. The van der Waals surface area contributed by atoms with E-state index in [2.05, 4.69) is 22.2 Å². The molecule has 4 heterocycles. The van der Waals surface area contributed by atoms with Crippen LogP contribution in [0.25, 0.3) is 0 Å². The first-order chi connectivity index (χ1) is 14.1. The molecule has 0 aliphatic carbocycles. The molecule has 0 spiro atoms. The summed E-state index contributed by atoms with van der Waals surface area (Å²) in [6.45, 7) is 3.62. The number of aliphatic hydroxyl groups is 1. The number of aliphatic hydroxyl groups excluding tert-OH is 1. The lowest BCUT2D eigenvalue weighted by Gasteiger charge is -2.33.